The predicted molar refractivity (Wildman–Crippen MR) is 66.0 cm³/mol. The first-order chi connectivity index (χ1) is 8.10. The molecule has 0 amide bonds. The molecule has 6 heteroatoms. The summed E-state index contributed by atoms with van der Waals surface area (Å²) in [6.45, 7) is 2.38. The molecule has 0 fully saturated rings. The van der Waals surface area contributed by atoms with Crippen molar-refractivity contribution in [2.24, 2.45) is 0 Å². The summed E-state index contributed by atoms with van der Waals surface area (Å²) >= 11 is 0. The van der Waals surface area contributed by atoms with Gasteiger partial charge in [0.2, 0.25) is 10.0 Å². The van der Waals surface area contributed by atoms with Gasteiger partial charge in [-0.05, 0) is 12.5 Å². The number of aliphatic hydroxyl groups excluding tert-OH is 1. The minimum absolute atomic E-state index is 0.178. The summed E-state index contributed by atoms with van der Waals surface area (Å²) in [6, 6.07) is 1.44. The van der Waals surface area contributed by atoms with Gasteiger partial charge >= 0.3 is 0 Å². The number of hydrogen-bond acceptors (Lipinski definition) is 3. The van der Waals surface area contributed by atoms with Gasteiger partial charge in [-0.2, -0.15) is 0 Å². The first-order valence-electron chi connectivity index (χ1n) is 5.88. The second kappa shape index (κ2) is 6.78. The Morgan fingerprint density at radius 2 is 2.12 bits per heavy atom. The van der Waals surface area contributed by atoms with Crippen LogP contribution in [0.15, 0.2) is 17.2 Å². The van der Waals surface area contributed by atoms with Crippen LogP contribution in [0.3, 0.4) is 0 Å². The van der Waals surface area contributed by atoms with Gasteiger partial charge in [-0.3, -0.25) is 0 Å². The molecule has 1 heterocycles. The Morgan fingerprint density at radius 1 is 1.35 bits per heavy atom. The highest BCUT2D eigenvalue weighted by Gasteiger charge is 2.14. The monoisotopic (exact) mass is 260 g/mol. The molecule has 1 rings (SSSR count). The largest absolute Gasteiger partial charge is 0.390 e. The zero-order chi connectivity index (χ0) is 12.7. The molecule has 0 bridgehead atoms. The molecule has 0 saturated heterocycles. The highest BCUT2D eigenvalue weighted by molar-refractivity contribution is 7.89. The maximum absolute atomic E-state index is 11.8. The van der Waals surface area contributed by atoms with E-state index in [0.717, 1.165) is 25.7 Å². The van der Waals surface area contributed by atoms with Crippen molar-refractivity contribution < 1.29 is 13.5 Å². The highest BCUT2D eigenvalue weighted by Crippen LogP contribution is 2.10. The number of H-pyrrole nitrogens is 1. The molecule has 0 aliphatic heterocycles. The van der Waals surface area contributed by atoms with Crippen LogP contribution >= 0.6 is 0 Å². The molecule has 0 unspecified atom stereocenters. The number of aromatic nitrogens is 1. The fourth-order valence-corrected chi connectivity index (χ4v) is 2.60. The van der Waals surface area contributed by atoms with Crippen molar-refractivity contribution in [2.45, 2.75) is 44.1 Å². The molecule has 3 N–H and O–H groups in total. The molecule has 0 aromatic carbocycles. The van der Waals surface area contributed by atoms with Crippen molar-refractivity contribution in [3.63, 3.8) is 0 Å². The average Bonchev–Trinajstić information content (AvgIpc) is 2.78. The van der Waals surface area contributed by atoms with Crippen LogP contribution in [0.5, 0.6) is 0 Å². The van der Waals surface area contributed by atoms with E-state index in [0.29, 0.717) is 12.2 Å². The molecule has 0 saturated carbocycles. The van der Waals surface area contributed by atoms with Crippen LogP contribution in [0.2, 0.25) is 0 Å². The maximum atomic E-state index is 11.8. The lowest BCUT2D eigenvalue weighted by Gasteiger charge is -2.04. The molecule has 5 nitrogen and oxygen atoms in total. The Kier molecular flexibility index (Phi) is 5.67. The van der Waals surface area contributed by atoms with Crippen LogP contribution in [0.1, 0.15) is 38.3 Å². The molecule has 17 heavy (non-hydrogen) atoms. The van der Waals surface area contributed by atoms with E-state index in [-0.39, 0.29) is 11.5 Å². The Hall–Kier alpha value is -0.850. The normalized spacial score (nSPS) is 11.9. The Bertz CT molecular complexity index is 426. The molecule has 0 aliphatic rings. The van der Waals surface area contributed by atoms with Gasteiger partial charge in [0.25, 0.3) is 0 Å². The van der Waals surface area contributed by atoms with Crippen LogP contribution in [0.4, 0.5) is 0 Å². The van der Waals surface area contributed by atoms with Gasteiger partial charge in [0.15, 0.2) is 0 Å². The zero-order valence-corrected chi connectivity index (χ0v) is 10.9. The summed E-state index contributed by atoms with van der Waals surface area (Å²) < 4.78 is 26.1. The van der Waals surface area contributed by atoms with Crippen molar-refractivity contribution in [3.8, 4) is 0 Å². The van der Waals surface area contributed by atoms with Gasteiger partial charge < -0.3 is 10.1 Å². The number of aliphatic hydroxyl groups is 1. The lowest BCUT2D eigenvalue weighted by Crippen LogP contribution is -2.24. The van der Waals surface area contributed by atoms with Gasteiger partial charge in [0.05, 0.1) is 11.5 Å². The minimum atomic E-state index is -3.43. The van der Waals surface area contributed by atoms with Crippen molar-refractivity contribution in [2.75, 3.05) is 6.54 Å². The van der Waals surface area contributed by atoms with E-state index in [1.54, 1.807) is 0 Å². The number of rotatable bonds is 8. The van der Waals surface area contributed by atoms with Crippen molar-refractivity contribution >= 4 is 10.0 Å². The first-order valence-corrected chi connectivity index (χ1v) is 7.36. The molecular weight excluding hydrogens is 240 g/mol. The van der Waals surface area contributed by atoms with Crippen molar-refractivity contribution in [1.82, 2.24) is 9.71 Å². The second-order valence-electron chi connectivity index (χ2n) is 3.98. The molecule has 0 radical (unpaired) electrons. The fraction of sp³-hybridized carbons (Fsp3) is 0.636. The van der Waals surface area contributed by atoms with Crippen LogP contribution in [-0.2, 0) is 16.6 Å². The van der Waals surface area contributed by atoms with Crippen LogP contribution in [-0.4, -0.2) is 25.1 Å². The van der Waals surface area contributed by atoms with E-state index in [1.165, 1.54) is 12.3 Å². The van der Waals surface area contributed by atoms with Crippen molar-refractivity contribution in [1.29, 1.82) is 0 Å². The molecule has 0 spiro atoms. The molecule has 1 aromatic rings. The third kappa shape index (κ3) is 4.49. The Morgan fingerprint density at radius 3 is 2.71 bits per heavy atom. The standard InChI is InChI=1S/C11H20N2O3S/c1-2-3-4-5-6-13-17(15,16)11-7-10(9-14)12-8-11/h7-8,12-14H,2-6,9H2,1H3. The minimum Gasteiger partial charge on any atom is -0.390 e. The Balaban J connectivity index is 2.45. The van der Waals surface area contributed by atoms with Crippen LogP contribution in [0, 0.1) is 0 Å². The van der Waals surface area contributed by atoms with Gasteiger partial charge in [-0.1, -0.05) is 26.2 Å². The van der Waals surface area contributed by atoms with Crippen LogP contribution in [0.25, 0.3) is 0 Å². The smallest absolute Gasteiger partial charge is 0.242 e. The van der Waals surface area contributed by atoms with E-state index in [1.807, 2.05) is 0 Å². The van der Waals surface area contributed by atoms with Gasteiger partial charge in [0.1, 0.15) is 0 Å². The predicted octanol–water partition coefficient (Wildman–Crippen LogP) is 1.37. The summed E-state index contributed by atoms with van der Waals surface area (Å²) in [4.78, 5) is 2.88. The zero-order valence-electron chi connectivity index (χ0n) is 10.1. The summed E-state index contributed by atoms with van der Waals surface area (Å²) in [5, 5.41) is 8.84. The lowest BCUT2D eigenvalue weighted by molar-refractivity contribution is 0.277. The number of unbranched alkanes of at least 4 members (excludes halogenated alkanes) is 3. The Labute approximate surface area is 102 Å². The number of nitrogens with one attached hydrogen (secondary N) is 2. The second-order valence-corrected chi connectivity index (χ2v) is 5.74. The number of hydrogen-bond donors (Lipinski definition) is 3. The number of aromatic amines is 1. The van der Waals surface area contributed by atoms with E-state index < -0.39 is 10.0 Å². The van der Waals surface area contributed by atoms with E-state index in [4.69, 9.17) is 5.11 Å². The first kappa shape index (κ1) is 14.2. The summed E-state index contributed by atoms with van der Waals surface area (Å²) in [6.07, 6.45) is 5.53. The third-order valence-corrected chi connectivity index (χ3v) is 3.96. The third-order valence-electron chi connectivity index (χ3n) is 2.52. The van der Waals surface area contributed by atoms with Crippen molar-refractivity contribution in [3.05, 3.63) is 18.0 Å². The molecule has 0 atom stereocenters. The molecular formula is C11H20N2O3S. The fourth-order valence-electron chi connectivity index (χ4n) is 1.51. The molecule has 98 valence electrons. The summed E-state index contributed by atoms with van der Waals surface area (Å²) in [5.41, 5.74) is 0.497. The summed E-state index contributed by atoms with van der Waals surface area (Å²) in [5.74, 6) is 0. The molecule has 0 aliphatic carbocycles. The highest BCUT2D eigenvalue weighted by atomic mass is 32.2. The average molecular weight is 260 g/mol. The lowest BCUT2D eigenvalue weighted by atomic mass is 10.2. The van der Waals surface area contributed by atoms with Gasteiger partial charge in [-0.15, -0.1) is 0 Å². The maximum Gasteiger partial charge on any atom is 0.242 e. The SMILES string of the molecule is CCCCCCNS(=O)(=O)c1c[nH]c(CO)c1. The molecule has 1 aromatic heterocycles. The van der Waals surface area contributed by atoms with Gasteiger partial charge in [-0.25, -0.2) is 13.1 Å². The van der Waals surface area contributed by atoms with Gasteiger partial charge in [0, 0.05) is 18.4 Å². The topological polar surface area (TPSA) is 82.2 Å². The van der Waals surface area contributed by atoms with Crippen LogP contribution < -0.4 is 4.72 Å². The summed E-state index contributed by atoms with van der Waals surface area (Å²) in [7, 11) is -3.43. The number of sulfonamides is 1. The van der Waals surface area contributed by atoms with E-state index in [9.17, 15) is 8.42 Å². The quantitative estimate of drug-likeness (QED) is 0.617. The van der Waals surface area contributed by atoms with E-state index in [2.05, 4.69) is 16.6 Å². The van der Waals surface area contributed by atoms with E-state index >= 15 is 0 Å².